The summed E-state index contributed by atoms with van der Waals surface area (Å²) in [6, 6.07) is 13.8. The van der Waals surface area contributed by atoms with Gasteiger partial charge in [-0.25, -0.2) is 4.79 Å². The highest BCUT2D eigenvalue weighted by atomic mass is 35.5. The smallest absolute Gasteiger partial charge is 0.340 e. The maximum atomic E-state index is 11.9. The van der Waals surface area contributed by atoms with Crippen LogP contribution in [0.3, 0.4) is 0 Å². The first-order valence-electron chi connectivity index (χ1n) is 7.04. The first-order chi connectivity index (χ1) is 11.0. The minimum absolute atomic E-state index is 0.140. The Bertz CT molecular complexity index is 704. The van der Waals surface area contributed by atoms with Gasteiger partial charge >= 0.3 is 5.97 Å². The van der Waals surface area contributed by atoms with Crippen molar-refractivity contribution in [3.05, 3.63) is 64.7 Å². The van der Waals surface area contributed by atoms with E-state index in [4.69, 9.17) is 22.1 Å². The predicted molar refractivity (Wildman–Crippen MR) is 89.1 cm³/mol. The standard InChI is InChI=1S/C17H17ClN2O3/c1-11(12-5-3-2-4-6-12)20-16(21)10-23-17(22)14-9-13(18)7-8-15(14)19/h2-9,11H,10,19H2,1H3,(H,20,21)/t11-/m0/s1. The molecular weight excluding hydrogens is 316 g/mol. The molecule has 6 heteroatoms. The summed E-state index contributed by atoms with van der Waals surface area (Å²) in [4.78, 5) is 23.8. The highest BCUT2D eigenvalue weighted by molar-refractivity contribution is 6.31. The number of rotatable bonds is 5. The van der Waals surface area contributed by atoms with Gasteiger partial charge in [0.25, 0.3) is 5.91 Å². The van der Waals surface area contributed by atoms with E-state index >= 15 is 0 Å². The van der Waals surface area contributed by atoms with E-state index in [0.29, 0.717) is 5.02 Å². The van der Waals surface area contributed by atoms with E-state index in [-0.39, 0.29) is 23.9 Å². The van der Waals surface area contributed by atoms with Crippen LogP contribution in [0.2, 0.25) is 5.02 Å². The molecule has 0 aliphatic rings. The number of anilines is 1. The molecule has 0 saturated carbocycles. The van der Waals surface area contributed by atoms with Crippen LogP contribution in [0.25, 0.3) is 0 Å². The van der Waals surface area contributed by atoms with E-state index < -0.39 is 11.9 Å². The molecule has 1 atom stereocenters. The summed E-state index contributed by atoms with van der Waals surface area (Å²) in [5, 5.41) is 3.12. The van der Waals surface area contributed by atoms with Gasteiger partial charge in [-0.1, -0.05) is 41.9 Å². The van der Waals surface area contributed by atoms with Crippen LogP contribution in [0, 0.1) is 0 Å². The molecule has 2 aromatic carbocycles. The Morgan fingerprint density at radius 1 is 1.22 bits per heavy atom. The zero-order valence-corrected chi connectivity index (χ0v) is 13.3. The van der Waals surface area contributed by atoms with Crippen LogP contribution in [0.15, 0.2) is 48.5 Å². The van der Waals surface area contributed by atoms with Crippen molar-refractivity contribution in [2.24, 2.45) is 0 Å². The minimum atomic E-state index is -0.687. The van der Waals surface area contributed by atoms with Crippen LogP contribution in [-0.2, 0) is 9.53 Å². The fourth-order valence-corrected chi connectivity index (χ4v) is 2.19. The number of halogens is 1. The molecule has 0 aliphatic heterocycles. The third-order valence-electron chi connectivity index (χ3n) is 3.25. The van der Waals surface area contributed by atoms with Crippen LogP contribution in [0.5, 0.6) is 0 Å². The molecular formula is C17H17ClN2O3. The fourth-order valence-electron chi connectivity index (χ4n) is 2.02. The second-order valence-corrected chi connectivity index (χ2v) is 5.44. The number of benzene rings is 2. The Labute approximate surface area is 139 Å². The van der Waals surface area contributed by atoms with Gasteiger partial charge in [-0.2, -0.15) is 0 Å². The third-order valence-corrected chi connectivity index (χ3v) is 3.48. The average molecular weight is 333 g/mol. The molecule has 0 fully saturated rings. The summed E-state index contributed by atoms with van der Waals surface area (Å²) in [7, 11) is 0. The van der Waals surface area contributed by atoms with Gasteiger partial charge < -0.3 is 15.8 Å². The molecule has 0 saturated heterocycles. The lowest BCUT2D eigenvalue weighted by atomic mass is 10.1. The molecule has 0 aromatic heterocycles. The third kappa shape index (κ3) is 4.72. The lowest BCUT2D eigenvalue weighted by Crippen LogP contribution is -2.31. The first-order valence-corrected chi connectivity index (χ1v) is 7.41. The summed E-state index contributed by atoms with van der Waals surface area (Å²) >= 11 is 5.82. The Hall–Kier alpha value is -2.53. The first kappa shape index (κ1) is 16.8. The van der Waals surface area contributed by atoms with E-state index in [1.54, 1.807) is 6.07 Å². The van der Waals surface area contributed by atoms with Crippen LogP contribution in [-0.4, -0.2) is 18.5 Å². The highest BCUT2D eigenvalue weighted by Crippen LogP contribution is 2.18. The van der Waals surface area contributed by atoms with Gasteiger partial charge in [-0.05, 0) is 30.7 Å². The van der Waals surface area contributed by atoms with Crippen LogP contribution < -0.4 is 11.1 Å². The molecule has 23 heavy (non-hydrogen) atoms. The molecule has 120 valence electrons. The topological polar surface area (TPSA) is 81.4 Å². The van der Waals surface area contributed by atoms with E-state index in [1.807, 2.05) is 37.3 Å². The van der Waals surface area contributed by atoms with Gasteiger partial charge in [0.2, 0.25) is 0 Å². The lowest BCUT2D eigenvalue weighted by molar-refractivity contribution is -0.124. The summed E-state index contributed by atoms with van der Waals surface area (Å²) < 4.78 is 4.97. The van der Waals surface area contributed by atoms with Crippen molar-refractivity contribution in [1.29, 1.82) is 0 Å². The number of hydrogen-bond donors (Lipinski definition) is 2. The number of nitrogen functional groups attached to an aromatic ring is 1. The maximum absolute atomic E-state index is 11.9. The Kier molecular flexibility index (Phi) is 5.60. The lowest BCUT2D eigenvalue weighted by Gasteiger charge is -2.14. The Morgan fingerprint density at radius 2 is 1.91 bits per heavy atom. The van der Waals surface area contributed by atoms with Crippen molar-refractivity contribution in [3.8, 4) is 0 Å². The molecule has 3 N–H and O–H groups in total. The molecule has 5 nitrogen and oxygen atoms in total. The number of carbonyl (C=O) groups is 2. The second-order valence-electron chi connectivity index (χ2n) is 5.01. The fraction of sp³-hybridized carbons (Fsp3) is 0.176. The minimum Gasteiger partial charge on any atom is -0.452 e. The highest BCUT2D eigenvalue weighted by Gasteiger charge is 2.15. The summed E-state index contributed by atoms with van der Waals surface area (Å²) in [5.41, 5.74) is 7.05. The van der Waals surface area contributed by atoms with Crippen LogP contribution in [0.1, 0.15) is 28.9 Å². The zero-order chi connectivity index (χ0) is 16.8. The monoisotopic (exact) mass is 332 g/mol. The molecule has 0 bridgehead atoms. The van der Waals surface area contributed by atoms with E-state index in [9.17, 15) is 9.59 Å². The summed E-state index contributed by atoms with van der Waals surface area (Å²) in [6.45, 7) is 1.46. The van der Waals surface area contributed by atoms with Crippen LogP contribution in [0.4, 0.5) is 5.69 Å². The molecule has 1 amide bonds. The Balaban J connectivity index is 1.89. The van der Waals surface area contributed by atoms with E-state index in [1.165, 1.54) is 12.1 Å². The van der Waals surface area contributed by atoms with Gasteiger partial charge in [0, 0.05) is 10.7 Å². The summed E-state index contributed by atoms with van der Waals surface area (Å²) in [6.07, 6.45) is 0. The van der Waals surface area contributed by atoms with Crippen molar-refractivity contribution in [2.75, 3.05) is 12.3 Å². The second kappa shape index (κ2) is 7.65. The normalized spacial score (nSPS) is 11.6. The van der Waals surface area contributed by atoms with Crippen molar-refractivity contribution in [1.82, 2.24) is 5.32 Å². The van der Waals surface area contributed by atoms with Gasteiger partial charge in [-0.15, -0.1) is 0 Å². The number of amides is 1. The van der Waals surface area contributed by atoms with Crippen LogP contribution >= 0.6 is 11.6 Å². The maximum Gasteiger partial charge on any atom is 0.340 e. The Morgan fingerprint density at radius 3 is 2.61 bits per heavy atom. The average Bonchev–Trinajstić information content (AvgIpc) is 2.55. The number of nitrogens with two attached hydrogens (primary N) is 1. The largest absolute Gasteiger partial charge is 0.452 e. The van der Waals surface area contributed by atoms with E-state index in [0.717, 1.165) is 5.56 Å². The number of hydrogen-bond acceptors (Lipinski definition) is 4. The molecule has 2 aromatic rings. The number of nitrogens with one attached hydrogen (secondary N) is 1. The molecule has 0 radical (unpaired) electrons. The SMILES string of the molecule is C[C@H](NC(=O)COC(=O)c1cc(Cl)ccc1N)c1ccccc1. The van der Waals surface area contributed by atoms with Gasteiger partial charge in [0.05, 0.1) is 11.6 Å². The van der Waals surface area contributed by atoms with Gasteiger partial charge in [0.15, 0.2) is 6.61 Å². The van der Waals surface area contributed by atoms with Gasteiger partial charge in [-0.3, -0.25) is 4.79 Å². The molecule has 0 heterocycles. The van der Waals surface area contributed by atoms with Crippen molar-refractivity contribution < 1.29 is 14.3 Å². The predicted octanol–water partition coefficient (Wildman–Crippen LogP) is 2.96. The van der Waals surface area contributed by atoms with Gasteiger partial charge in [0.1, 0.15) is 0 Å². The molecule has 0 aliphatic carbocycles. The van der Waals surface area contributed by atoms with E-state index in [2.05, 4.69) is 5.32 Å². The number of ether oxygens (including phenoxy) is 1. The molecule has 0 unspecified atom stereocenters. The quantitative estimate of drug-likeness (QED) is 0.651. The number of esters is 1. The molecule has 2 rings (SSSR count). The number of carbonyl (C=O) groups excluding carboxylic acids is 2. The van der Waals surface area contributed by atoms with Crippen molar-refractivity contribution in [3.63, 3.8) is 0 Å². The zero-order valence-electron chi connectivity index (χ0n) is 12.6. The van der Waals surface area contributed by atoms with Crippen molar-refractivity contribution in [2.45, 2.75) is 13.0 Å². The summed E-state index contributed by atoms with van der Waals surface area (Å²) in [5.74, 6) is -1.08. The van der Waals surface area contributed by atoms with Crippen molar-refractivity contribution >= 4 is 29.2 Å². The molecule has 0 spiro atoms.